The van der Waals surface area contributed by atoms with Crippen LogP contribution in [0.25, 0.3) is 0 Å². The van der Waals surface area contributed by atoms with Crippen molar-refractivity contribution in [2.75, 3.05) is 18.0 Å². The number of carbonyl (C=O) groups excluding carboxylic acids is 1. The smallest absolute Gasteiger partial charge is 0.351 e. The van der Waals surface area contributed by atoms with Gasteiger partial charge in [0.15, 0.2) is 0 Å². The maximum atomic E-state index is 13.0. The first-order chi connectivity index (χ1) is 12.9. The largest absolute Gasteiger partial charge is 0.433 e. The minimum Gasteiger partial charge on any atom is -0.351 e. The molecule has 0 atom stereocenters. The summed E-state index contributed by atoms with van der Waals surface area (Å²) in [5.41, 5.74) is -0.934. The maximum absolute atomic E-state index is 13.0. The standard InChI is InChI=1S/C17H18F3N5O2/c18-17(19,20)14-9-15(22-10-21-14)25(11-1-2-11)12-4-7-24(8-5-12)16(26)13-3-6-23-27-13/h3,6,9-12H,1-2,4-5,7-8H2. The molecule has 0 spiro atoms. The fraction of sp³-hybridized carbons (Fsp3) is 0.529. The number of piperidine rings is 1. The third kappa shape index (κ3) is 3.74. The molecule has 27 heavy (non-hydrogen) atoms. The van der Waals surface area contributed by atoms with Crippen molar-refractivity contribution in [2.24, 2.45) is 0 Å². The van der Waals surface area contributed by atoms with Crippen molar-refractivity contribution in [2.45, 2.75) is 43.9 Å². The molecule has 0 aromatic carbocycles. The highest BCUT2D eigenvalue weighted by Crippen LogP contribution is 2.37. The zero-order valence-electron chi connectivity index (χ0n) is 14.4. The second kappa shape index (κ2) is 6.82. The number of rotatable bonds is 4. The lowest BCUT2D eigenvalue weighted by Gasteiger charge is -2.39. The topological polar surface area (TPSA) is 75.4 Å². The number of alkyl halides is 3. The highest BCUT2D eigenvalue weighted by molar-refractivity contribution is 5.91. The first-order valence-corrected chi connectivity index (χ1v) is 8.81. The Kier molecular flexibility index (Phi) is 4.48. The molecule has 144 valence electrons. The SMILES string of the molecule is O=C(c1ccno1)N1CCC(N(c2cc(C(F)(F)F)ncn2)C2CC2)CC1. The number of nitrogens with zero attached hydrogens (tertiary/aromatic N) is 5. The highest BCUT2D eigenvalue weighted by atomic mass is 19.4. The monoisotopic (exact) mass is 381 g/mol. The number of amides is 1. The van der Waals surface area contributed by atoms with Gasteiger partial charge in [-0.25, -0.2) is 9.97 Å². The fourth-order valence-corrected chi connectivity index (χ4v) is 3.50. The van der Waals surface area contributed by atoms with Crippen LogP contribution in [-0.4, -0.2) is 51.1 Å². The zero-order valence-corrected chi connectivity index (χ0v) is 14.4. The Morgan fingerprint density at radius 3 is 2.44 bits per heavy atom. The Labute approximate surface area is 153 Å². The lowest BCUT2D eigenvalue weighted by atomic mass is 10.0. The Morgan fingerprint density at radius 1 is 1.15 bits per heavy atom. The third-order valence-electron chi connectivity index (χ3n) is 4.94. The van der Waals surface area contributed by atoms with Gasteiger partial charge >= 0.3 is 6.18 Å². The minimum absolute atomic E-state index is 0.0345. The number of likely N-dealkylation sites (tertiary alicyclic amines) is 1. The van der Waals surface area contributed by atoms with E-state index in [2.05, 4.69) is 15.1 Å². The summed E-state index contributed by atoms with van der Waals surface area (Å²) in [4.78, 5) is 23.4. The van der Waals surface area contributed by atoms with E-state index in [1.54, 1.807) is 4.90 Å². The second-order valence-electron chi connectivity index (χ2n) is 6.80. The van der Waals surface area contributed by atoms with Gasteiger partial charge in [0, 0.05) is 37.3 Å². The Bertz CT molecular complexity index is 799. The molecule has 4 rings (SSSR count). The van der Waals surface area contributed by atoms with E-state index < -0.39 is 11.9 Å². The molecule has 1 aliphatic heterocycles. The van der Waals surface area contributed by atoms with Gasteiger partial charge in [-0.2, -0.15) is 13.2 Å². The summed E-state index contributed by atoms with van der Waals surface area (Å²) < 4.78 is 43.9. The van der Waals surface area contributed by atoms with Crippen LogP contribution < -0.4 is 4.90 Å². The van der Waals surface area contributed by atoms with Crippen LogP contribution in [0.3, 0.4) is 0 Å². The van der Waals surface area contributed by atoms with Crippen molar-refractivity contribution >= 4 is 11.7 Å². The van der Waals surface area contributed by atoms with Crippen molar-refractivity contribution in [3.05, 3.63) is 36.1 Å². The first kappa shape index (κ1) is 17.7. The summed E-state index contributed by atoms with van der Waals surface area (Å²) in [6.07, 6.45) is 1.06. The van der Waals surface area contributed by atoms with Gasteiger partial charge in [0.05, 0.1) is 6.20 Å². The van der Waals surface area contributed by atoms with Crippen LogP contribution >= 0.6 is 0 Å². The predicted molar refractivity (Wildman–Crippen MR) is 88.0 cm³/mol. The summed E-state index contributed by atoms with van der Waals surface area (Å²) in [5, 5.41) is 3.54. The molecular formula is C17H18F3N5O2. The molecule has 1 saturated heterocycles. The van der Waals surface area contributed by atoms with Crippen molar-refractivity contribution in [3.63, 3.8) is 0 Å². The van der Waals surface area contributed by atoms with Crippen LogP contribution in [0, 0.1) is 0 Å². The molecular weight excluding hydrogens is 363 g/mol. The molecule has 0 unspecified atom stereocenters. The average Bonchev–Trinajstić information content (AvgIpc) is 3.33. The van der Waals surface area contributed by atoms with Crippen molar-refractivity contribution in [1.29, 1.82) is 0 Å². The Hall–Kier alpha value is -2.65. The van der Waals surface area contributed by atoms with E-state index in [1.807, 2.05) is 4.90 Å². The quantitative estimate of drug-likeness (QED) is 0.811. The molecule has 2 aromatic rings. The predicted octanol–water partition coefficient (Wildman–Crippen LogP) is 2.76. The molecule has 0 N–H and O–H groups in total. The van der Waals surface area contributed by atoms with Crippen LogP contribution in [0.1, 0.15) is 41.9 Å². The Balaban J connectivity index is 1.48. The van der Waals surface area contributed by atoms with E-state index in [0.717, 1.165) is 25.2 Å². The Morgan fingerprint density at radius 2 is 1.85 bits per heavy atom. The number of aromatic nitrogens is 3. The van der Waals surface area contributed by atoms with Crippen molar-refractivity contribution in [1.82, 2.24) is 20.0 Å². The normalized spacial score (nSPS) is 18.6. The molecule has 1 amide bonds. The van der Waals surface area contributed by atoms with Crippen LogP contribution in [0.5, 0.6) is 0 Å². The van der Waals surface area contributed by atoms with Gasteiger partial charge in [0.2, 0.25) is 5.76 Å². The lowest BCUT2D eigenvalue weighted by Crippen LogP contribution is -2.48. The van der Waals surface area contributed by atoms with Crippen LogP contribution in [0.15, 0.2) is 29.2 Å². The molecule has 3 heterocycles. The van der Waals surface area contributed by atoms with Gasteiger partial charge in [-0.1, -0.05) is 5.16 Å². The van der Waals surface area contributed by atoms with E-state index in [0.29, 0.717) is 31.7 Å². The lowest BCUT2D eigenvalue weighted by molar-refractivity contribution is -0.141. The second-order valence-corrected chi connectivity index (χ2v) is 6.80. The number of halogens is 3. The van der Waals surface area contributed by atoms with Crippen molar-refractivity contribution in [3.8, 4) is 0 Å². The first-order valence-electron chi connectivity index (χ1n) is 8.81. The molecule has 1 saturated carbocycles. The summed E-state index contributed by atoms with van der Waals surface area (Å²) in [7, 11) is 0. The summed E-state index contributed by atoms with van der Waals surface area (Å²) in [5.74, 6) is 0.281. The van der Waals surface area contributed by atoms with Crippen LogP contribution in [0.4, 0.5) is 19.0 Å². The highest BCUT2D eigenvalue weighted by Gasteiger charge is 2.39. The molecule has 2 aliphatic rings. The van der Waals surface area contributed by atoms with Crippen LogP contribution in [0.2, 0.25) is 0 Å². The summed E-state index contributed by atoms with van der Waals surface area (Å²) >= 11 is 0. The van der Waals surface area contributed by atoms with Gasteiger partial charge in [-0.3, -0.25) is 4.79 Å². The summed E-state index contributed by atoms with van der Waals surface area (Å²) in [6.45, 7) is 1.01. The number of hydrogen-bond donors (Lipinski definition) is 0. The number of anilines is 1. The molecule has 1 aliphatic carbocycles. The third-order valence-corrected chi connectivity index (χ3v) is 4.94. The van der Waals surface area contributed by atoms with Crippen molar-refractivity contribution < 1.29 is 22.5 Å². The van der Waals surface area contributed by atoms with Gasteiger partial charge in [-0.15, -0.1) is 0 Å². The molecule has 0 radical (unpaired) electrons. The van der Waals surface area contributed by atoms with Gasteiger partial charge in [0.1, 0.15) is 17.8 Å². The van der Waals surface area contributed by atoms with Gasteiger partial charge < -0.3 is 14.3 Å². The van der Waals surface area contributed by atoms with E-state index in [9.17, 15) is 18.0 Å². The number of hydrogen-bond acceptors (Lipinski definition) is 6. The molecule has 7 nitrogen and oxygen atoms in total. The maximum Gasteiger partial charge on any atom is 0.433 e. The van der Waals surface area contributed by atoms with E-state index >= 15 is 0 Å². The van der Waals surface area contributed by atoms with Gasteiger partial charge in [0.25, 0.3) is 5.91 Å². The van der Waals surface area contributed by atoms with E-state index in [-0.39, 0.29) is 23.8 Å². The fourth-order valence-electron chi connectivity index (χ4n) is 3.50. The van der Waals surface area contributed by atoms with Crippen LogP contribution in [-0.2, 0) is 6.18 Å². The average molecular weight is 381 g/mol. The number of carbonyl (C=O) groups is 1. The molecule has 0 bridgehead atoms. The zero-order chi connectivity index (χ0) is 19.0. The van der Waals surface area contributed by atoms with E-state index in [1.165, 1.54) is 12.3 Å². The molecule has 2 aromatic heterocycles. The molecule has 2 fully saturated rings. The van der Waals surface area contributed by atoms with E-state index in [4.69, 9.17) is 4.52 Å². The minimum atomic E-state index is -4.50. The summed E-state index contributed by atoms with van der Waals surface area (Å²) in [6, 6.07) is 2.77. The van der Waals surface area contributed by atoms with Gasteiger partial charge in [-0.05, 0) is 25.7 Å². The molecule has 10 heteroatoms.